The zero-order valence-electron chi connectivity index (χ0n) is 11.9. The molecule has 7 heteroatoms. The lowest BCUT2D eigenvalue weighted by molar-refractivity contribution is 0.0890. The second-order valence-corrected chi connectivity index (χ2v) is 7.21. The summed E-state index contributed by atoms with van der Waals surface area (Å²) in [6.07, 6.45) is 3.29. The summed E-state index contributed by atoms with van der Waals surface area (Å²) >= 11 is 2.99. The van der Waals surface area contributed by atoms with Gasteiger partial charge in [0.15, 0.2) is 4.96 Å². The van der Waals surface area contributed by atoms with Crippen molar-refractivity contribution < 1.29 is 9.90 Å². The van der Waals surface area contributed by atoms with E-state index >= 15 is 0 Å². The van der Waals surface area contributed by atoms with Gasteiger partial charge in [0.25, 0.3) is 5.91 Å². The SMILES string of the molecule is CCC(C)(CCO)NC(=O)c1cc2c(nc3sccn32)s1. The van der Waals surface area contributed by atoms with Crippen LogP contribution in [0.3, 0.4) is 0 Å². The van der Waals surface area contributed by atoms with Crippen molar-refractivity contribution in [3.8, 4) is 0 Å². The Morgan fingerprint density at radius 3 is 3.10 bits per heavy atom. The van der Waals surface area contributed by atoms with E-state index in [0.717, 1.165) is 21.7 Å². The molecule has 0 fully saturated rings. The smallest absolute Gasteiger partial charge is 0.261 e. The van der Waals surface area contributed by atoms with Gasteiger partial charge in [-0.25, -0.2) is 4.98 Å². The maximum atomic E-state index is 12.4. The molecule has 0 saturated carbocycles. The molecule has 3 aromatic rings. The highest BCUT2D eigenvalue weighted by Crippen LogP contribution is 2.28. The Labute approximate surface area is 130 Å². The van der Waals surface area contributed by atoms with Crippen molar-refractivity contribution in [3.05, 3.63) is 22.5 Å². The lowest BCUT2D eigenvalue weighted by atomic mass is 9.95. The molecule has 1 amide bonds. The molecule has 0 spiro atoms. The van der Waals surface area contributed by atoms with Crippen LogP contribution in [0.2, 0.25) is 0 Å². The minimum absolute atomic E-state index is 0.0645. The van der Waals surface area contributed by atoms with Crippen LogP contribution in [0.1, 0.15) is 36.4 Å². The van der Waals surface area contributed by atoms with Gasteiger partial charge >= 0.3 is 0 Å². The number of carbonyl (C=O) groups excluding carboxylic acids is 1. The van der Waals surface area contributed by atoms with E-state index in [1.807, 2.05) is 35.9 Å². The molecule has 3 rings (SSSR count). The Balaban J connectivity index is 1.88. The van der Waals surface area contributed by atoms with Crippen LogP contribution in [0.25, 0.3) is 15.3 Å². The second-order valence-electron chi connectivity index (χ2n) is 5.31. The van der Waals surface area contributed by atoms with E-state index in [4.69, 9.17) is 5.11 Å². The topological polar surface area (TPSA) is 66.6 Å². The van der Waals surface area contributed by atoms with E-state index in [1.165, 1.54) is 11.3 Å². The Morgan fingerprint density at radius 2 is 2.38 bits per heavy atom. The molecule has 5 nitrogen and oxygen atoms in total. The Kier molecular flexibility index (Phi) is 3.73. The molecule has 1 unspecified atom stereocenters. The highest BCUT2D eigenvalue weighted by Gasteiger charge is 2.25. The van der Waals surface area contributed by atoms with E-state index in [-0.39, 0.29) is 18.1 Å². The zero-order valence-corrected chi connectivity index (χ0v) is 13.6. The number of thiazole rings is 1. The standard InChI is InChI=1S/C14H17N3O2S2/c1-3-14(2,4-6-18)16-11(19)10-8-9-12(21-10)15-13-17(9)5-7-20-13/h5,7-8,18H,3-4,6H2,1-2H3,(H,16,19). The van der Waals surface area contributed by atoms with Gasteiger partial charge in [0.1, 0.15) is 4.83 Å². The fourth-order valence-corrected chi connectivity index (χ4v) is 3.97. The van der Waals surface area contributed by atoms with Gasteiger partial charge in [-0.1, -0.05) is 6.92 Å². The molecule has 2 N–H and O–H groups in total. The average Bonchev–Trinajstić information content (AvgIpc) is 3.09. The maximum absolute atomic E-state index is 12.4. The van der Waals surface area contributed by atoms with Crippen LogP contribution in [-0.2, 0) is 0 Å². The molecule has 0 aliphatic carbocycles. The van der Waals surface area contributed by atoms with E-state index in [0.29, 0.717) is 11.3 Å². The molecule has 0 saturated heterocycles. The number of thiophene rings is 1. The Bertz CT molecular complexity index is 789. The summed E-state index contributed by atoms with van der Waals surface area (Å²) < 4.78 is 2.00. The number of nitrogens with one attached hydrogen (secondary N) is 1. The van der Waals surface area contributed by atoms with Gasteiger partial charge < -0.3 is 10.4 Å². The molecule has 21 heavy (non-hydrogen) atoms. The van der Waals surface area contributed by atoms with E-state index in [2.05, 4.69) is 10.3 Å². The second kappa shape index (κ2) is 5.40. The number of imidazole rings is 1. The number of amides is 1. The molecule has 3 aromatic heterocycles. The first-order valence-corrected chi connectivity index (χ1v) is 8.54. The highest BCUT2D eigenvalue weighted by atomic mass is 32.1. The van der Waals surface area contributed by atoms with Crippen LogP contribution >= 0.6 is 22.7 Å². The first-order chi connectivity index (χ1) is 10.1. The van der Waals surface area contributed by atoms with Gasteiger partial charge in [0.05, 0.1) is 10.4 Å². The number of aliphatic hydroxyl groups is 1. The fourth-order valence-electron chi connectivity index (χ4n) is 2.27. The summed E-state index contributed by atoms with van der Waals surface area (Å²) in [7, 11) is 0. The summed E-state index contributed by atoms with van der Waals surface area (Å²) in [4.78, 5) is 19.4. The molecule has 1 atom stereocenters. The van der Waals surface area contributed by atoms with Gasteiger partial charge in [-0.2, -0.15) is 0 Å². The zero-order chi connectivity index (χ0) is 15.0. The average molecular weight is 323 g/mol. The van der Waals surface area contributed by atoms with Crippen LogP contribution in [0.5, 0.6) is 0 Å². The number of carbonyl (C=O) groups is 1. The summed E-state index contributed by atoms with van der Waals surface area (Å²) in [5, 5.41) is 14.1. The summed E-state index contributed by atoms with van der Waals surface area (Å²) in [5.74, 6) is -0.0974. The summed E-state index contributed by atoms with van der Waals surface area (Å²) in [6, 6.07) is 1.89. The van der Waals surface area contributed by atoms with Crippen LogP contribution in [0.15, 0.2) is 17.6 Å². The largest absolute Gasteiger partial charge is 0.396 e. The van der Waals surface area contributed by atoms with Crippen LogP contribution in [0, 0.1) is 0 Å². The summed E-state index contributed by atoms with van der Waals surface area (Å²) in [6.45, 7) is 4.03. The predicted molar refractivity (Wildman–Crippen MR) is 86.3 cm³/mol. The minimum atomic E-state index is -0.377. The number of hydrogen-bond donors (Lipinski definition) is 2. The van der Waals surface area contributed by atoms with Crippen LogP contribution in [0.4, 0.5) is 0 Å². The van der Waals surface area contributed by atoms with E-state index in [9.17, 15) is 4.79 Å². The molecule has 0 aromatic carbocycles. The summed E-state index contributed by atoms with van der Waals surface area (Å²) in [5.41, 5.74) is 0.597. The number of rotatable bonds is 5. The van der Waals surface area contributed by atoms with Gasteiger partial charge in [0.2, 0.25) is 0 Å². The van der Waals surface area contributed by atoms with Gasteiger partial charge in [-0.15, -0.1) is 22.7 Å². The lowest BCUT2D eigenvalue weighted by Crippen LogP contribution is -2.45. The van der Waals surface area contributed by atoms with Crippen molar-refractivity contribution in [2.24, 2.45) is 0 Å². The fraction of sp³-hybridized carbons (Fsp3) is 0.429. The van der Waals surface area contributed by atoms with Crippen molar-refractivity contribution in [1.82, 2.24) is 14.7 Å². The number of aliphatic hydroxyl groups excluding tert-OH is 1. The van der Waals surface area contributed by atoms with E-state index in [1.54, 1.807) is 11.3 Å². The third-order valence-electron chi connectivity index (χ3n) is 3.82. The molecule has 0 radical (unpaired) electrons. The molecular weight excluding hydrogens is 306 g/mol. The molecule has 0 aliphatic rings. The van der Waals surface area contributed by atoms with Crippen LogP contribution < -0.4 is 5.32 Å². The quantitative estimate of drug-likeness (QED) is 0.759. The number of aromatic nitrogens is 2. The first kappa shape index (κ1) is 14.5. The van der Waals surface area contributed by atoms with Crippen molar-refractivity contribution in [2.75, 3.05) is 6.61 Å². The Morgan fingerprint density at radius 1 is 1.57 bits per heavy atom. The molecule has 0 bridgehead atoms. The Hall–Kier alpha value is -1.44. The number of fused-ring (bicyclic) bond motifs is 3. The van der Waals surface area contributed by atoms with Gasteiger partial charge in [-0.05, 0) is 25.8 Å². The molecule has 0 aliphatic heterocycles. The first-order valence-electron chi connectivity index (χ1n) is 6.85. The molecule has 112 valence electrons. The monoisotopic (exact) mass is 323 g/mol. The number of nitrogens with zero attached hydrogens (tertiary/aromatic N) is 2. The van der Waals surface area contributed by atoms with Crippen molar-refractivity contribution in [1.29, 1.82) is 0 Å². The van der Waals surface area contributed by atoms with E-state index < -0.39 is 0 Å². The lowest BCUT2D eigenvalue weighted by Gasteiger charge is -2.28. The van der Waals surface area contributed by atoms with Gasteiger partial charge in [0, 0.05) is 23.7 Å². The van der Waals surface area contributed by atoms with Crippen LogP contribution in [-0.4, -0.2) is 32.5 Å². The minimum Gasteiger partial charge on any atom is -0.396 e. The third-order valence-corrected chi connectivity index (χ3v) is 5.60. The van der Waals surface area contributed by atoms with Crippen molar-refractivity contribution >= 4 is 43.9 Å². The van der Waals surface area contributed by atoms with Gasteiger partial charge in [-0.3, -0.25) is 9.20 Å². The molecular formula is C14H17N3O2S2. The normalized spacial score (nSPS) is 14.6. The maximum Gasteiger partial charge on any atom is 0.261 e. The number of hydrogen-bond acceptors (Lipinski definition) is 5. The van der Waals surface area contributed by atoms with Crippen molar-refractivity contribution in [3.63, 3.8) is 0 Å². The van der Waals surface area contributed by atoms with Crippen molar-refractivity contribution in [2.45, 2.75) is 32.2 Å². The third kappa shape index (κ3) is 2.56. The highest BCUT2D eigenvalue weighted by molar-refractivity contribution is 7.21. The molecule has 3 heterocycles. The predicted octanol–water partition coefficient (Wildman–Crippen LogP) is 2.89.